The van der Waals surface area contributed by atoms with Gasteiger partial charge in [0.25, 0.3) is 0 Å². The predicted octanol–water partition coefficient (Wildman–Crippen LogP) is 6.10. The molecule has 0 radical (unpaired) electrons. The monoisotopic (exact) mass is 404 g/mol. The van der Waals surface area contributed by atoms with Gasteiger partial charge in [0.15, 0.2) is 0 Å². The molecule has 1 fully saturated rings. The minimum absolute atomic E-state index is 0.498. The van der Waals surface area contributed by atoms with Crippen molar-refractivity contribution in [3.8, 4) is 0 Å². The Morgan fingerprint density at radius 1 is 1.38 bits per heavy atom. The van der Waals surface area contributed by atoms with Gasteiger partial charge in [0, 0.05) is 0 Å². The molecule has 2 aliphatic carbocycles. The lowest BCUT2D eigenvalue weighted by atomic mass is 9.63. The molecule has 0 heterocycles. The lowest BCUT2D eigenvalue weighted by Gasteiger charge is -2.43. The van der Waals surface area contributed by atoms with E-state index in [1.807, 2.05) is 13.8 Å². The highest BCUT2D eigenvalue weighted by Gasteiger charge is 2.50. The van der Waals surface area contributed by atoms with Gasteiger partial charge < -0.3 is 5.11 Å². The van der Waals surface area contributed by atoms with E-state index >= 15 is 0 Å². The fourth-order valence-electron chi connectivity index (χ4n) is 4.91. The number of rotatable bonds is 5. The highest BCUT2D eigenvalue weighted by molar-refractivity contribution is 14.1. The Labute approximate surface area is 145 Å². The Morgan fingerprint density at radius 2 is 2.05 bits per heavy atom. The Hall–Kier alpha value is 0.430. The van der Waals surface area contributed by atoms with Crippen molar-refractivity contribution in [2.24, 2.45) is 23.2 Å². The van der Waals surface area contributed by atoms with E-state index in [2.05, 4.69) is 43.4 Å². The minimum Gasteiger partial charge on any atom is -0.390 e. The number of allylic oxidation sites excluding steroid dienone is 2. The molecule has 1 nitrogen and oxygen atoms in total. The summed E-state index contributed by atoms with van der Waals surface area (Å²) in [6, 6.07) is 0. The van der Waals surface area contributed by atoms with Crippen LogP contribution in [0.25, 0.3) is 0 Å². The van der Waals surface area contributed by atoms with E-state index in [4.69, 9.17) is 0 Å². The van der Waals surface area contributed by atoms with Crippen LogP contribution < -0.4 is 0 Å². The Kier molecular flexibility index (Phi) is 5.51. The van der Waals surface area contributed by atoms with Gasteiger partial charge in [-0.15, -0.1) is 0 Å². The summed E-state index contributed by atoms with van der Waals surface area (Å²) < 4.78 is 1.67. The standard InChI is InChI=1S/C19H33IO/c1-13(7-6-11-18(3,4)21)15-8-9-16-17(20)14(2)10-12-19(15,16)5/h13,15-16,21H,6-12H2,1-5H3/t13-,15-,16+,19-/m1/s1. The molecule has 0 unspecified atom stereocenters. The van der Waals surface area contributed by atoms with Crippen molar-refractivity contribution < 1.29 is 5.11 Å². The van der Waals surface area contributed by atoms with Crippen molar-refractivity contribution in [1.29, 1.82) is 0 Å². The van der Waals surface area contributed by atoms with Gasteiger partial charge >= 0.3 is 0 Å². The van der Waals surface area contributed by atoms with E-state index in [1.165, 1.54) is 32.1 Å². The van der Waals surface area contributed by atoms with Crippen molar-refractivity contribution in [2.75, 3.05) is 0 Å². The zero-order valence-electron chi connectivity index (χ0n) is 14.5. The number of hydrogen-bond donors (Lipinski definition) is 1. The van der Waals surface area contributed by atoms with Crippen LogP contribution in [-0.4, -0.2) is 10.7 Å². The largest absolute Gasteiger partial charge is 0.390 e. The lowest BCUT2D eigenvalue weighted by Crippen LogP contribution is -2.35. The molecule has 1 saturated carbocycles. The number of aliphatic hydroxyl groups is 1. The van der Waals surface area contributed by atoms with Crippen LogP contribution >= 0.6 is 22.6 Å². The number of fused-ring (bicyclic) bond motifs is 1. The van der Waals surface area contributed by atoms with Gasteiger partial charge in [-0.3, -0.25) is 0 Å². The van der Waals surface area contributed by atoms with Gasteiger partial charge in [-0.1, -0.05) is 32.3 Å². The summed E-state index contributed by atoms with van der Waals surface area (Å²) in [4.78, 5) is 0. The van der Waals surface area contributed by atoms with E-state index < -0.39 is 5.60 Å². The molecule has 21 heavy (non-hydrogen) atoms. The smallest absolute Gasteiger partial charge is 0.0591 e. The van der Waals surface area contributed by atoms with Gasteiger partial charge in [-0.2, -0.15) is 0 Å². The quantitative estimate of drug-likeness (QED) is 0.549. The molecule has 1 N–H and O–H groups in total. The fraction of sp³-hybridized carbons (Fsp3) is 0.895. The number of halogens is 1. The van der Waals surface area contributed by atoms with Crippen LogP contribution in [0, 0.1) is 23.2 Å². The van der Waals surface area contributed by atoms with E-state index in [0.717, 1.165) is 30.6 Å². The second-order valence-electron chi connectivity index (χ2n) is 8.55. The molecule has 0 amide bonds. The second-order valence-corrected chi connectivity index (χ2v) is 9.71. The van der Waals surface area contributed by atoms with Crippen LogP contribution in [0.3, 0.4) is 0 Å². The normalized spacial score (nSPS) is 35.0. The highest BCUT2D eigenvalue weighted by atomic mass is 127. The Balaban J connectivity index is 1.99. The third kappa shape index (κ3) is 3.85. The molecule has 2 heteroatoms. The van der Waals surface area contributed by atoms with E-state index in [-0.39, 0.29) is 0 Å². The molecule has 0 aromatic rings. The van der Waals surface area contributed by atoms with Gasteiger partial charge in [0.2, 0.25) is 0 Å². The van der Waals surface area contributed by atoms with Crippen LogP contribution in [0.15, 0.2) is 9.15 Å². The molecule has 0 aromatic carbocycles. The summed E-state index contributed by atoms with van der Waals surface area (Å²) in [6.45, 7) is 11.2. The van der Waals surface area contributed by atoms with Crippen molar-refractivity contribution >= 4 is 22.6 Å². The van der Waals surface area contributed by atoms with Crippen LogP contribution in [0.2, 0.25) is 0 Å². The summed E-state index contributed by atoms with van der Waals surface area (Å²) >= 11 is 2.63. The zero-order valence-corrected chi connectivity index (χ0v) is 16.7. The molecule has 0 aromatic heterocycles. The van der Waals surface area contributed by atoms with E-state index in [0.29, 0.717) is 5.41 Å². The first kappa shape index (κ1) is 17.8. The summed E-state index contributed by atoms with van der Waals surface area (Å²) in [7, 11) is 0. The molecule has 0 spiro atoms. The van der Waals surface area contributed by atoms with Crippen LogP contribution in [-0.2, 0) is 0 Å². The maximum atomic E-state index is 9.89. The van der Waals surface area contributed by atoms with Crippen LogP contribution in [0.1, 0.15) is 79.6 Å². The molecule has 0 bridgehead atoms. The highest BCUT2D eigenvalue weighted by Crippen LogP contribution is 2.60. The molecule has 0 saturated heterocycles. The Morgan fingerprint density at radius 3 is 2.67 bits per heavy atom. The maximum Gasteiger partial charge on any atom is 0.0591 e. The SMILES string of the molecule is CC1=C(I)[C@@H]2CC[C@H]([C@H](C)CCCC(C)(C)O)[C@@]2(C)CC1. The van der Waals surface area contributed by atoms with Crippen molar-refractivity contribution in [3.05, 3.63) is 9.15 Å². The summed E-state index contributed by atoms with van der Waals surface area (Å²) in [5.41, 5.74) is 1.68. The van der Waals surface area contributed by atoms with Gasteiger partial charge in [-0.25, -0.2) is 0 Å². The van der Waals surface area contributed by atoms with E-state index in [1.54, 1.807) is 9.15 Å². The third-order valence-electron chi connectivity index (χ3n) is 6.30. The summed E-state index contributed by atoms with van der Waals surface area (Å²) in [5, 5.41) is 9.89. The zero-order chi connectivity index (χ0) is 15.8. The maximum absolute atomic E-state index is 9.89. The molecular weight excluding hydrogens is 371 g/mol. The molecule has 2 rings (SSSR count). The summed E-state index contributed by atoms with van der Waals surface area (Å²) in [5.74, 6) is 2.50. The average Bonchev–Trinajstić information content (AvgIpc) is 2.71. The summed E-state index contributed by atoms with van der Waals surface area (Å²) in [6.07, 6.45) is 8.86. The first-order chi connectivity index (χ1) is 9.65. The second kappa shape index (κ2) is 6.51. The molecule has 122 valence electrons. The van der Waals surface area contributed by atoms with Crippen molar-refractivity contribution in [2.45, 2.75) is 85.2 Å². The topological polar surface area (TPSA) is 20.2 Å². The van der Waals surface area contributed by atoms with Crippen molar-refractivity contribution in [3.63, 3.8) is 0 Å². The van der Waals surface area contributed by atoms with Gasteiger partial charge in [-0.05, 0) is 102 Å². The third-order valence-corrected chi connectivity index (χ3v) is 7.97. The first-order valence-corrected chi connectivity index (χ1v) is 9.80. The van der Waals surface area contributed by atoms with Crippen LogP contribution in [0.4, 0.5) is 0 Å². The lowest BCUT2D eigenvalue weighted by molar-refractivity contribution is 0.0614. The average molecular weight is 404 g/mol. The van der Waals surface area contributed by atoms with E-state index in [9.17, 15) is 5.11 Å². The van der Waals surface area contributed by atoms with Gasteiger partial charge in [0.05, 0.1) is 5.60 Å². The molecule has 2 aliphatic rings. The molecule has 0 aliphatic heterocycles. The fourth-order valence-corrected chi connectivity index (χ4v) is 6.20. The van der Waals surface area contributed by atoms with Gasteiger partial charge in [0.1, 0.15) is 0 Å². The predicted molar refractivity (Wildman–Crippen MR) is 99.6 cm³/mol. The Bertz CT molecular complexity index is 406. The first-order valence-electron chi connectivity index (χ1n) is 8.72. The minimum atomic E-state index is -0.498. The molecule has 4 atom stereocenters. The number of hydrogen-bond acceptors (Lipinski definition) is 1. The van der Waals surface area contributed by atoms with Crippen LogP contribution in [0.5, 0.6) is 0 Å². The molecular formula is C19H33IO. The van der Waals surface area contributed by atoms with Crippen molar-refractivity contribution in [1.82, 2.24) is 0 Å².